The number of alkyl halides is 4. The summed E-state index contributed by atoms with van der Waals surface area (Å²) in [5, 5.41) is 0. The lowest BCUT2D eigenvalue weighted by molar-refractivity contribution is -0.391. The van der Waals surface area contributed by atoms with Crippen molar-refractivity contribution in [2.24, 2.45) is 0 Å². The maximum atomic E-state index is 14.7. The standard InChI is InChI=1S/C39H33F5N2O7/c1-46(22-27-10-11-29(40)37(45-27)33(50)15-13-30(47)23-8-16-34-25(19-23)6-4-18-51-34)21-26-5-2-3-7-28(26)32(49)14-12-31(48)24-9-17-35-36(20-24)53-39(43,44)38(41,42)52-35/h2-3,5,7-11,16-17,19-20H,4,6,12-15,18,21-22H2,1H3. The fourth-order valence-corrected chi connectivity index (χ4v) is 6.09. The van der Waals surface area contributed by atoms with E-state index in [1.807, 2.05) is 0 Å². The first-order chi connectivity index (χ1) is 25.2. The second-order valence-electron chi connectivity index (χ2n) is 12.8. The molecule has 0 spiro atoms. The Labute approximate surface area is 300 Å². The van der Waals surface area contributed by atoms with E-state index in [9.17, 15) is 41.1 Å². The average Bonchev–Trinajstić information content (AvgIpc) is 3.13. The van der Waals surface area contributed by atoms with Crippen LogP contribution in [-0.2, 0) is 19.5 Å². The van der Waals surface area contributed by atoms with E-state index in [2.05, 4.69) is 14.5 Å². The van der Waals surface area contributed by atoms with Gasteiger partial charge < -0.3 is 14.2 Å². The van der Waals surface area contributed by atoms with Crippen molar-refractivity contribution >= 4 is 23.1 Å². The van der Waals surface area contributed by atoms with Gasteiger partial charge in [-0.1, -0.05) is 24.3 Å². The van der Waals surface area contributed by atoms with Crippen molar-refractivity contribution < 1.29 is 55.3 Å². The number of halogens is 5. The van der Waals surface area contributed by atoms with E-state index in [1.165, 1.54) is 6.07 Å². The largest absolute Gasteiger partial charge is 0.507 e. The summed E-state index contributed by atoms with van der Waals surface area (Å²) in [6, 6.07) is 17.4. The molecule has 9 nitrogen and oxygen atoms in total. The van der Waals surface area contributed by atoms with E-state index in [4.69, 9.17) is 4.74 Å². The van der Waals surface area contributed by atoms with Crippen molar-refractivity contribution in [1.29, 1.82) is 0 Å². The van der Waals surface area contributed by atoms with Gasteiger partial charge in [0.25, 0.3) is 0 Å². The summed E-state index contributed by atoms with van der Waals surface area (Å²) in [6.07, 6.45) is -9.07. The highest BCUT2D eigenvalue weighted by Gasteiger charge is 2.66. The Hall–Kier alpha value is -5.50. The first-order valence-electron chi connectivity index (χ1n) is 16.8. The van der Waals surface area contributed by atoms with Gasteiger partial charge in [0, 0.05) is 55.5 Å². The minimum Gasteiger partial charge on any atom is -0.493 e. The molecular formula is C39H33F5N2O7. The number of fused-ring (bicyclic) bond motifs is 2. The maximum absolute atomic E-state index is 14.7. The first kappa shape index (κ1) is 37.3. The van der Waals surface area contributed by atoms with Crippen LogP contribution in [0.5, 0.6) is 17.2 Å². The first-order valence-corrected chi connectivity index (χ1v) is 16.8. The molecule has 3 aromatic carbocycles. The molecule has 1 aromatic heterocycles. The highest BCUT2D eigenvalue weighted by molar-refractivity contribution is 6.03. The number of aryl methyl sites for hydroxylation is 1. The van der Waals surface area contributed by atoms with Crippen LogP contribution in [0.2, 0.25) is 0 Å². The number of Topliss-reactive ketones (excluding diaryl/α,β-unsaturated/α-hetero) is 4. The van der Waals surface area contributed by atoms with Crippen LogP contribution in [0, 0.1) is 5.82 Å². The lowest BCUT2D eigenvalue weighted by Gasteiger charge is -2.31. The van der Waals surface area contributed by atoms with Crippen molar-refractivity contribution in [3.8, 4) is 17.2 Å². The molecule has 0 saturated carbocycles. The normalized spacial score (nSPS) is 15.3. The Morgan fingerprint density at radius 3 is 2.08 bits per heavy atom. The lowest BCUT2D eigenvalue weighted by Crippen LogP contribution is -2.52. The number of carbonyl (C=O) groups excluding carboxylic acids is 4. The van der Waals surface area contributed by atoms with E-state index in [1.54, 1.807) is 54.4 Å². The van der Waals surface area contributed by atoms with Crippen LogP contribution < -0.4 is 14.2 Å². The molecular weight excluding hydrogens is 703 g/mol. The Bertz CT molecular complexity index is 2090. The molecule has 0 amide bonds. The molecule has 0 fully saturated rings. The molecule has 6 rings (SSSR count). The zero-order valence-corrected chi connectivity index (χ0v) is 28.4. The Morgan fingerprint density at radius 1 is 0.717 bits per heavy atom. The van der Waals surface area contributed by atoms with Crippen molar-refractivity contribution in [2.45, 2.75) is 63.8 Å². The van der Waals surface area contributed by atoms with Gasteiger partial charge in [-0.15, -0.1) is 0 Å². The third-order valence-corrected chi connectivity index (χ3v) is 8.83. The van der Waals surface area contributed by atoms with Gasteiger partial charge in [-0.05, 0) is 79.5 Å². The molecule has 0 atom stereocenters. The number of aromatic nitrogens is 1. The summed E-state index contributed by atoms with van der Waals surface area (Å²) in [4.78, 5) is 57.9. The topological polar surface area (TPSA) is 112 Å². The summed E-state index contributed by atoms with van der Waals surface area (Å²) < 4.78 is 82.6. The van der Waals surface area contributed by atoms with Gasteiger partial charge >= 0.3 is 12.2 Å². The fraction of sp³-hybridized carbons (Fsp3) is 0.308. The van der Waals surface area contributed by atoms with Crippen molar-refractivity contribution in [2.75, 3.05) is 13.7 Å². The number of benzene rings is 3. The molecule has 0 N–H and O–H groups in total. The molecule has 0 unspecified atom stereocenters. The van der Waals surface area contributed by atoms with E-state index < -0.39 is 41.1 Å². The summed E-state index contributed by atoms with van der Waals surface area (Å²) in [6.45, 7) is 1.03. The zero-order chi connectivity index (χ0) is 37.9. The van der Waals surface area contributed by atoms with Gasteiger partial charge in [0.15, 0.2) is 40.4 Å². The number of pyridine rings is 1. The average molecular weight is 737 g/mol. The molecule has 2 aliphatic heterocycles. The van der Waals surface area contributed by atoms with Crippen molar-refractivity contribution in [3.63, 3.8) is 0 Å². The van der Waals surface area contributed by atoms with Crippen LogP contribution in [0.4, 0.5) is 22.0 Å². The van der Waals surface area contributed by atoms with Gasteiger partial charge in [0.2, 0.25) is 0 Å². The Balaban J connectivity index is 1.04. The molecule has 0 saturated heterocycles. The molecule has 0 bridgehead atoms. The predicted octanol–water partition coefficient (Wildman–Crippen LogP) is 7.83. The number of carbonyl (C=O) groups is 4. The highest BCUT2D eigenvalue weighted by atomic mass is 19.3. The number of hydrogen-bond acceptors (Lipinski definition) is 9. The summed E-state index contributed by atoms with van der Waals surface area (Å²) >= 11 is 0. The third-order valence-electron chi connectivity index (χ3n) is 8.83. The molecule has 53 heavy (non-hydrogen) atoms. The minimum atomic E-state index is -4.94. The second kappa shape index (κ2) is 15.2. The second-order valence-corrected chi connectivity index (χ2v) is 12.8. The fourth-order valence-electron chi connectivity index (χ4n) is 6.09. The van der Waals surface area contributed by atoms with Crippen LogP contribution >= 0.6 is 0 Å². The summed E-state index contributed by atoms with van der Waals surface area (Å²) in [7, 11) is 1.74. The molecule has 2 aliphatic rings. The van der Waals surface area contributed by atoms with E-state index >= 15 is 0 Å². The van der Waals surface area contributed by atoms with Crippen LogP contribution in [0.1, 0.15) is 90.5 Å². The molecule has 0 radical (unpaired) electrons. The SMILES string of the molecule is CN(Cc1ccc(F)c(C(=O)CCC(=O)c2ccc3c(c2)CCCO3)n1)Cc1ccccc1C(=O)CCC(=O)c1ccc2c(c1)OC(F)(F)C(F)(F)O2. The van der Waals surface area contributed by atoms with E-state index in [0.29, 0.717) is 29.0 Å². The van der Waals surface area contributed by atoms with Crippen LogP contribution in [0.25, 0.3) is 0 Å². The van der Waals surface area contributed by atoms with Crippen LogP contribution in [-0.4, -0.2) is 58.9 Å². The number of ether oxygens (including phenoxy) is 3. The van der Waals surface area contributed by atoms with Crippen molar-refractivity contribution in [3.05, 3.63) is 118 Å². The smallest absolute Gasteiger partial charge is 0.493 e. The molecule has 3 heterocycles. The van der Waals surface area contributed by atoms with Gasteiger partial charge in [-0.25, -0.2) is 9.37 Å². The lowest BCUT2D eigenvalue weighted by atomic mass is 9.97. The number of nitrogens with zero attached hydrogens (tertiary/aromatic N) is 2. The maximum Gasteiger partial charge on any atom is 0.507 e. The molecule has 276 valence electrons. The van der Waals surface area contributed by atoms with Crippen LogP contribution in [0.3, 0.4) is 0 Å². The third kappa shape index (κ3) is 8.43. The van der Waals surface area contributed by atoms with Gasteiger partial charge in [0.05, 0.1) is 12.3 Å². The van der Waals surface area contributed by atoms with Crippen LogP contribution in [0.15, 0.2) is 72.8 Å². The van der Waals surface area contributed by atoms with E-state index in [-0.39, 0.29) is 61.6 Å². The summed E-state index contributed by atoms with van der Waals surface area (Å²) in [5.41, 5.74) is 2.22. The quantitative estimate of drug-likeness (QED) is 0.0945. The molecule has 0 aliphatic carbocycles. The van der Waals surface area contributed by atoms with Gasteiger partial charge in [-0.3, -0.25) is 24.1 Å². The zero-order valence-electron chi connectivity index (χ0n) is 28.4. The number of ketones is 4. The molecule has 4 aromatic rings. The Kier molecular flexibility index (Phi) is 10.7. The number of rotatable bonds is 14. The molecule has 14 heteroatoms. The monoisotopic (exact) mass is 736 g/mol. The van der Waals surface area contributed by atoms with E-state index in [0.717, 1.165) is 48.4 Å². The van der Waals surface area contributed by atoms with Gasteiger partial charge in [-0.2, -0.15) is 17.6 Å². The highest BCUT2D eigenvalue weighted by Crippen LogP contribution is 2.47. The predicted molar refractivity (Wildman–Crippen MR) is 179 cm³/mol. The Morgan fingerprint density at radius 2 is 1.34 bits per heavy atom. The minimum absolute atomic E-state index is 0.114. The van der Waals surface area contributed by atoms with Gasteiger partial charge in [0.1, 0.15) is 11.4 Å². The number of hydrogen-bond donors (Lipinski definition) is 0. The summed E-state index contributed by atoms with van der Waals surface area (Å²) in [5.74, 6) is -3.28. The van der Waals surface area contributed by atoms with Crippen molar-refractivity contribution in [1.82, 2.24) is 9.88 Å².